The van der Waals surface area contributed by atoms with Gasteiger partial charge in [0.2, 0.25) is 5.91 Å². The highest BCUT2D eigenvalue weighted by atomic mass is 32.1. The van der Waals surface area contributed by atoms with Crippen molar-refractivity contribution in [3.8, 4) is 16.6 Å². The molecule has 0 atom stereocenters. The van der Waals surface area contributed by atoms with Crippen LogP contribution in [-0.2, 0) is 4.79 Å². The topological polar surface area (TPSA) is 91.8 Å². The summed E-state index contributed by atoms with van der Waals surface area (Å²) in [6.07, 6.45) is 0. The van der Waals surface area contributed by atoms with E-state index in [0.717, 1.165) is 4.88 Å². The molecule has 0 aliphatic carbocycles. The maximum atomic E-state index is 11.0. The highest BCUT2D eigenvalue weighted by Crippen LogP contribution is 2.30. The Morgan fingerprint density at radius 3 is 2.94 bits per heavy atom. The van der Waals surface area contributed by atoms with Crippen molar-refractivity contribution in [2.45, 2.75) is 6.92 Å². The van der Waals surface area contributed by atoms with Crippen molar-refractivity contribution in [3.63, 3.8) is 0 Å². The first-order valence-electron chi connectivity index (χ1n) is 5.14. The van der Waals surface area contributed by atoms with Crippen LogP contribution in [0.3, 0.4) is 0 Å². The van der Waals surface area contributed by atoms with Crippen molar-refractivity contribution in [2.24, 2.45) is 0 Å². The number of carbonyl (C=O) groups is 1. The molecular formula is C12H10N4OS. The molecule has 2 rings (SSSR count). The number of nitrogens with one attached hydrogen (secondary N) is 1. The number of nitrogen functional groups attached to an aromatic ring is 1. The van der Waals surface area contributed by atoms with Crippen LogP contribution in [0.1, 0.15) is 12.5 Å². The molecule has 0 saturated carbocycles. The minimum atomic E-state index is -0.233. The molecule has 0 aliphatic rings. The molecule has 6 heteroatoms. The van der Waals surface area contributed by atoms with E-state index in [2.05, 4.69) is 10.3 Å². The molecule has 0 aliphatic heterocycles. The average molecular weight is 258 g/mol. The second-order valence-electron chi connectivity index (χ2n) is 3.59. The zero-order chi connectivity index (χ0) is 13.1. The summed E-state index contributed by atoms with van der Waals surface area (Å²) in [5, 5.41) is 13.6. The van der Waals surface area contributed by atoms with Crippen LogP contribution in [0.25, 0.3) is 10.6 Å². The van der Waals surface area contributed by atoms with Crippen molar-refractivity contribution < 1.29 is 4.79 Å². The van der Waals surface area contributed by atoms with Crippen molar-refractivity contribution in [1.29, 1.82) is 5.26 Å². The molecular weight excluding hydrogens is 248 g/mol. The number of hydrogen-bond acceptors (Lipinski definition) is 5. The summed E-state index contributed by atoms with van der Waals surface area (Å²) in [6.45, 7) is 1.39. The largest absolute Gasteiger partial charge is 0.397 e. The van der Waals surface area contributed by atoms with Gasteiger partial charge in [-0.2, -0.15) is 5.26 Å². The van der Waals surface area contributed by atoms with Gasteiger partial charge >= 0.3 is 0 Å². The number of anilines is 2. The Labute approximate surface area is 108 Å². The smallest absolute Gasteiger partial charge is 0.222 e. The van der Waals surface area contributed by atoms with Gasteiger partial charge in [0.15, 0.2) is 0 Å². The Balaban J connectivity index is 2.59. The maximum Gasteiger partial charge on any atom is 0.222 e. The van der Waals surface area contributed by atoms with E-state index in [1.165, 1.54) is 24.3 Å². The van der Waals surface area contributed by atoms with Crippen LogP contribution in [0.2, 0.25) is 0 Å². The first kappa shape index (κ1) is 12.1. The average Bonchev–Trinajstić information content (AvgIpc) is 2.80. The summed E-state index contributed by atoms with van der Waals surface area (Å²) in [5.41, 5.74) is 6.93. The SMILES string of the molecule is CC(=O)Nc1cc(N)c(C#N)c(-c2cccs2)n1. The fraction of sp³-hybridized carbons (Fsp3) is 0.0833. The molecule has 0 saturated heterocycles. The van der Waals surface area contributed by atoms with Crippen LogP contribution in [0.4, 0.5) is 11.5 Å². The van der Waals surface area contributed by atoms with Crippen LogP contribution in [-0.4, -0.2) is 10.9 Å². The lowest BCUT2D eigenvalue weighted by Crippen LogP contribution is -2.09. The van der Waals surface area contributed by atoms with Gasteiger partial charge in [-0.25, -0.2) is 4.98 Å². The van der Waals surface area contributed by atoms with E-state index in [-0.39, 0.29) is 5.91 Å². The number of aromatic nitrogens is 1. The lowest BCUT2D eigenvalue weighted by molar-refractivity contribution is -0.114. The van der Waals surface area contributed by atoms with Crippen molar-refractivity contribution >= 4 is 28.7 Å². The summed E-state index contributed by atoms with van der Waals surface area (Å²) in [5.74, 6) is 0.117. The third kappa shape index (κ3) is 2.31. The van der Waals surface area contributed by atoms with Gasteiger partial charge in [0.1, 0.15) is 23.1 Å². The molecule has 2 heterocycles. The summed E-state index contributed by atoms with van der Waals surface area (Å²) < 4.78 is 0. The number of hydrogen-bond donors (Lipinski definition) is 2. The van der Waals surface area contributed by atoms with E-state index in [1.54, 1.807) is 0 Å². The number of thiophene rings is 1. The lowest BCUT2D eigenvalue weighted by Gasteiger charge is -2.08. The van der Waals surface area contributed by atoms with Crippen molar-refractivity contribution in [3.05, 3.63) is 29.1 Å². The van der Waals surface area contributed by atoms with Crippen LogP contribution < -0.4 is 11.1 Å². The minimum absolute atomic E-state index is 0.233. The quantitative estimate of drug-likeness (QED) is 0.863. The molecule has 0 unspecified atom stereocenters. The molecule has 0 aromatic carbocycles. The first-order chi connectivity index (χ1) is 8.61. The van der Waals surface area contributed by atoms with Gasteiger partial charge in [0.05, 0.1) is 10.6 Å². The number of amides is 1. The van der Waals surface area contributed by atoms with E-state index >= 15 is 0 Å². The van der Waals surface area contributed by atoms with E-state index in [0.29, 0.717) is 22.8 Å². The Bertz CT molecular complexity index is 628. The molecule has 0 radical (unpaired) electrons. The summed E-state index contributed by atoms with van der Waals surface area (Å²) in [7, 11) is 0. The Morgan fingerprint density at radius 2 is 2.39 bits per heavy atom. The van der Waals surface area contributed by atoms with E-state index < -0.39 is 0 Å². The Hall–Kier alpha value is -2.39. The number of nitrogens with zero attached hydrogens (tertiary/aromatic N) is 2. The van der Waals surface area contributed by atoms with E-state index in [4.69, 9.17) is 11.0 Å². The Morgan fingerprint density at radius 1 is 1.61 bits per heavy atom. The van der Waals surface area contributed by atoms with Crippen LogP contribution in [0.15, 0.2) is 23.6 Å². The Kier molecular flexibility index (Phi) is 3.26. The van der Waals surface area contributed by atoms with Crippen molar-refractivity contribution in [1.82, 2.24) is 4.98 Å². The second-order valence-corrected chi connectivity index (χ2v) is 4.54. The minimum Gasteiger partial charge on any atom is -0.397 e. The fourth-order valence-electron chi connectivity index (χ4n) is 1.52. The van der Waals surface area contributed by atoms with Crippen LogP contribution in [0, 0.1) is 11.3 Å². The molecule has 1 amide bonds. The fourth-order valence-corrected chi connectivity index (χ4v) is 2.24. The number of carbonyl (C=O) groups excluding carboxylic acids is 1. The van der Waals surface area contributed by atoms with Gasteiger partial charge in [-0.3, -0.25) is 4.79 Å². The van der Waals surface area contributed by atoms with Crippen LogP contribution in [0.5, 0.6) is 0 Å². The molecule has 90 valence electrons. The van der Waals surface area contributed by atoms with Gasteiger partial charge in [-0.05, 0) is 11.4 Å². The van der Waals surface area contributed by atoms with Gasteiger partial charge < -0.3 is 11.1 Å². The summed E-state index contributed by atoms with van der Waals surface area (Å²) >= 11 is 1.46. The van der Waals surface area contributed by atoms with Crippen LogP contribution >= 0.6 is 11.3 Å². The lowest BCUT2D eigenvalue weighted by atomic mass is 10.1. The highest BCUT2D eigenvalue weighted by Gasteiger charge is 2.13. The molecule has 0 spiro atoms. The number of nitrogens with two attached hydrogens (primary N) is 1. The molecule has 5 nitrogen and oxygen atoms in total. The number of nitriles is 1. The van der Waals surface area contributed by atoms with Gasteiger partial charge in [0, 0.05) is 13.0 Å². The van der Waals surface area contributed by atoms with Gasteiger partial charge in [0.25, 0.3) is 0 Å². The zero-order valence-corrected chi connectivity index (χ0v) is 10.4. The third-order valence-electron chi connectivity index (χ3n) is 2.22. The molecule has 2 aromatic rings. The normalized spacial score (nSPS) is 9.78. The molecule has 0 bridgehead atoms. The predicted octanol–water partition coefficient (Wildman–Crippen LogP) is 2.22. The second kappa shape index (κ2) is 4.85. The maximum absolute atomic E-state index is 11.0. The summed E-state index contributed by atoms with van der Waals surface area (Å²) in [4.78, 5) is 16.1. The zero-order valence-electron chi connectivity index (χ0n) is 9.60. The first-order valence-corrected chi connectivity index (χ1v) is 6.02. The van der Waals surface area contributed by atoms with Gasteiger partial charge in [-0.1, -0.05) is 6.07 Å². The third-order valence-corrected chi connectivity index (χ3v) is 3.10. The summed E-state index contributed by atoms with van der Waals surface area (Å²) in [6, 6.07) is 7.24. The predicted molar refractivity (Wildman–Crippen MR) is 71.0 cm³/mol. The highest BCUT2D eigenvalue weighted by molar-refractivity contribution is 7.13. The molecule has 18 heavy (non-hydrogen) atoms. The number of rotatable bonds is 2. The van der Waals surface area contributed by atoms with E-state index in [9.17, 15) is 4.79 Å². The standard InChI is InChI=1S/C12H10N4OS/c1-7(17)15-11-5-9(14)8(6-13)12(16-11)10-3-2-4-18-10/h2-5H,1H3,(H3,14,15,16,17). The molecule has 2 aromatic heterocycles. The van der Waals surface area contributed by atoms with Crippen molar-refractivity contribution in [2.75, 3.05) is 11.1 Å². The monoisotopic (exact) mass is 258 g/mol. The number of pyridine rings is 1. The molecule has 0 fully saturated rings. The molecule has 3 N–H and O–H groups in total. The van der Waals surface area contributed by atoms with Gasteiger partial charge in [-0.15, -0.1) is 11.3 Å². The van der Waals surface area contributed by atoms with E-state index in [1.807, 2.05) is 23.6 Å².